The molecule has 0 bridgehead atoms. The van der Waals surface area contributed by atoms with E-state index in [0.717, 1.165) is 16.5 Å². The molecule has 0 saturated heterocycles. The number of hydrogen-bond donors (Lipinski definition) is 1. The highest BCUT2D eigenvalue weighted by Crippen LogP contribution is 2.20. The molecule has 0 saturated carbocycles. The molecule has 0 unspecified atom stereocenters. The third-order valence-electron chi connectivity index (χ3n) is 2.46. The van der Waals surface area contributed by atoms with Crippen molar-refractivity contribution in [1.29, 1.82) is 5.26 Å². The molecule has 1 aromatic carbocycles. The highest BCUT2D eigenvalue weighted by Gasteiger charge is 2.07. The van der Waals surface area contributed by atoms with Gasteiger partial charge in [-0.05, 0) is 23.8 Å². The second kappa shape index (κ2) is 4.03. The van der Waals surface area contributed by atoms with Gasteiger partial charge in [-0.15, -0.1) is 0 Å². The standard InChI is InChI=1S/C11H9N3O2/c12-6-8-1-2-11-10(5-8)9(7-13-11)3-4-14(15)16/h1-2,5,7,13H,3-4H2. The highest BCUT2D eigenvalue weighted by atomic mass is 16.6. The molecule has 0 amide bonds. The van der Waals surface area contributed by atoms with Crippen molar-refractivity contribution in [2.45, 2.75) is 6.42 Å². The topological polar surface area (TPSA) is 82.7 Å². The lowest BCUT2D eigenvalue weighted by Crippen LogP contribution is -2.03. The van der Waals surface area contributed by atoms with Gasteiger partial charge in [-0.25, -0.2) is 0 Å². The summed E-state index contributed by atoms with van der Waals surface area (Å²) in [6.45, 7) is -0.0935. The lowest BCUT2D eigenvalue weighted by atomic mass is 10.1. The minimum absolute atomic E-state index is 0.0935. The van der Waals surface area contributed by atoms with Gasteiger partial charge in [0.05, 0.1) is 11.6 Å². The molecule has 5 heteroatoms. The van der Waals surface area contributed by atoms with Gasteiger partial charge in [0.1, 0.15) is 0 Å². The summed E-state index contributed by atoms with van der Waals surface area (Å²) in [4.78, 5) is 13.0. The monoisotopic (exact) mass is 215 g/mol. The third-order valence-corrected chi connectivity index (χ3v) is 2.46. The number of rotatable bonds is 3. The number of fused-ring (bicyclic) bond motifs is 1. The fraction of sp³-hybridized carbons (Fsp3) is 0.182. The average molecular weight is 215 g/mol. The van der Waals surface area contributed by atoms with Crippen molar-refractivity contribution in [3.8, 4) is 6.07 Å². The van der Waals surface area contributed by atoms with E-state index in [4.69, 9.17) is 5.26 Å². The van der Waals surface area contributed by atoms with Gasteiger partial charge in [-0.3, -0.25) is 10.1 Å². The second-order valence-corrected chi connectivity index (χ2v) is 3.49. The first-order valence-corrected chi connectivity index (χ1v) is 4.82. The molecule has 0 fully saturated rings. The van der Waals surface area contributed by atoms with E-state index in [2.05, 4.69) is 11.1 Å². The fourth-order valence-corrected chi connectivity index (χ4v) is 1.67. The number of nitriles is 1. The second-order valence-electron chi connectivity index (χ2n) is 3.49. The van der Waals surface area contributed by atoms with Crippen LogP contribution in [-0.4, -0.2) is 16.5 Å². The zero-order chi connectivity index (χ0) is 11.5. The van der Waals surface area contributed by atoms with Crippen LogP contribution in [0, 0.1) is 21.4 Å². The van der Waals surface area contributed by atoms with Crippen LogP contribution in [0.15, 0.2) is 24.4 Å². The van der Waals surface area contributed by atoms with Crippen molar-refractivity contribution < 1.29 is 4.92 Å². The quantitative estimate of drug-likeness (QED) is 0.626. The summed E-state index contributed by atoms with van der Waals surface area (Å²) in [5.74, 6) is 0. The van der Waals surface area contributed by atoms with Gasteiger partial charge in [0, 0.05) is 28.4 Å². The number of nitrogens with one attached hydrogen (secondary N) is 1. The van der Waals surface area contributed by atoms with Gasteiger partial charge >= 0.3 is 0 Å². The van der Waals surface area contributed by atoms with Crippen molar-refractivity contribution in [2.75, 3.05) is 6.54 Å². The van der Waals surface area contributed by atoms with Gasteiger partial charge in [0.25, 0.3) is 0 Å². The first-order chi connectivity index (χ1) is 7.70. The molecule has 80 valence electrons. The van der Waals surface area contributed by atoms with Crippen LogP contribution in [0.2, 0.25) is 0 Å². The van der Waals surface area contributed by atoms with Crippen molar-refractivity contribution >= 4 is 10.9 Å². The van der Waals surface area contributed by atoms with Gasteiger partial charge in [0.15, 0.2) is 0 Å². The van der Waals surface area contributed by atoms with E-state index in [1.54, 1.807) is 18.3 Å². The van der Waals surface area contributed by atoms with Crippen LogP contribution in [0.5, 0.6) is 0 Å². The zero-order valence-corrected chi connectivity index (χ0v) is 8.43. The molecule has 0 aliphatic rings. The molecule has 1 heterocycles. The number of benzene rings is 1. The molecular weight excluding hydrogens is 206 g/mol. The van der Waals surface area contributed by atoms with Crippen LogP contribution < -0.4 is 0 Å². The Hall–Kier alpha value is -2.35. The minimum atomic E-state index is -0.340. The maximum atomic E-state index is 10.3. The summed E-state index contributed by atoms with van der Waals surface area (Å²) in [7, 11) is 0. The molecule has 16 heavy (non-hydrogen) atoms. The largest absolute Gasteiger partial charge is 0.361 e. The summed E-state index contributed by atoms with van der Waals surface area (Å²) in [6, 6.07) is 7.33. The van der Waals surface area contributed by atoms with E-state index < -0.39 is 0 Å². The molecule has 2 rings (SSSR count). The number of aromatic amines is 1. The number of H-pyrrole nitrogens is 1. The summed E-state index contributed by atoms with van der Waals surface area (Å²) in [6.07, 6.45) is 2.14. The first-order valence-electron chi connectivity index (χ1n) is 4.82. The smallest absolute Gasteiger partial charge is 0.207 e. The van der Waals surface area contributed by atoms with Crippen molar-refractivity contribution in [1.82, 2.24) is 4.98 Å². The van der Waals surface area contributed by atoms with E-state index in [9.17, 15) is 10.1 Å². The molecule has 5 nitrogen and oxygen atoms in total. The zero-order valence-electron chi connectivity index (χ0n) is 8.43. The molecule has 0 aliphatic heterocycles. The summed E-state index contributed by atoms with van der Waals surface area (Å²) in [5.41, 5.74) is 2.34. The van der Waals surface area contributed by atoms with Crippen LogP contribution in [0.4, 0.5) is 0 Å². The van der Waals surface area contributed by atoms with E-state index in [1.807, 2.05) is 6.07 Å². The average Bonchev–Trinajstić information content (AvgIpc) is 2.68. The van der Waals surface area contributed by atoms with Crippen LogP contribution in [0.25, 0.3) is 10.9 Å². The Morgan fingerprint density at radius 3 is 3.00 bits per heavy atom. The van der Waals surface area contributed by atoms with Crippen molar-refractivity contribution in [3.63, 3.8) is 0 Å². The molecule has 0 aliphatic carbocycles. The Balaban J connectivity index is 2.39. The molecule has 0 spiro atoms. The fourth-order valence-electron chi connectivity index (χ4n) is 1.67. The molecule has 2 aromatic rings. The lowest BCUT2D eigenvalue weighted by Gasteiger charge is -1.95. The van der Waals surface area contributed by atoms with Crippen LogP contribution >= 0.6 is 0 Å². The number of aromatic nitrogens is 1. The molecule has 1 aromatic heterocycles. The summed E-state index contributed by atoms with van der Waals surface area (Å²) in [5, 5.41) is 20.0. The highest BCUT2D eigenvalue weighted by molar-refractivity contribution is 5.84. The first kappa shape index (κ1) is 10.2. The Bertz CT molecular complexity index is 580. The Morgan fingerprint density at radius 1 is 1.50 bits per heavy atom. The van der Waals surface area contributed by atoms with E-state index in [0.29, 0.717) is 12.0 Å². The van der Waals surface area contributed by atoms with Gasteiger partial charge < -0.3 is 4.98 Å². The Kier molecular flexibility index (Phi) is 2.56. The number of nitrogens with zero attached hydrogens (tertiary/aromatic N) is 2. The third kappa shape index (κ3) is 1.86. The SMILES string of the molecule is N#Cc1ccc2[nH]cc(CC[N+](=O)[O-])c2c1. The van der Waals surface area contributed by atoms with Gasteiger partial charge in [0.2, 0.25) is 6.54 Å². The Labute approximate surface area is 91.5 Å². The van der Waals surface area contributed by atoms with Crippen molar-refractivity contribution in [2.24, 2.45) is 0 Å². The summed E-state index contributed by atoms with van der Waals surface area (Å²) < 4.78 is 0. The maximum absolute atomic E-state index is 10.3. The normalized spacial score (nSPS) is 10.2. The van der Waals surface area contributed by atoms with Gasteiger partial charge in [-0.1, -0.05) is 0 Å². The molecule has 1 N–H and O–H groups in total. The Morgan fingerprint density at radius 2 is 2.31 bits per heavy atom. The maximum Gasteiger partial charge on any atom is 0.207 e. The molecule has 0 atom stereocenters. The predicted molar refractivity (Wildman–Crippen MR) is 58.6 cm³/mol. The van der Waals surface area contributed by atoms with E-state index in [1.165, 1.54) is 0 Å². The summed E-state index contributed by atoms with van der Waals surface area (Å²) >= 11 is 0. The lowest BCUT2D eigenvalue weighted by molar-refractivity contribution is -0.479. The number of hydrogen-bond acceptors (Lipinski definition) is 3. The van der Waals surface area contributed by atoms with Crippen molar-refractivity contribution in [3.05, 3.63) is 45.6 Å². The van der Waals surface area contributed by atoms with Gasteiger partial charge in [-0.2, -0.15) is 5.26 Å². The minimum Gasteiger partial charge on any atom is -0.361 e. The van der Waals surface area contributed by atoms with E-state index >= 15 is 0 Å². The van der Waals surface area contributed by atoms with E-state index in [-0.39, 0.29) is 11.5 Å². The van der Waals surface area contributed by atoms with Crippen LogP contribution in [-0.2, 0) is 6.42 Å². The molecule has 0 radical (unpaired) electrons. The van der Waals surface area contributed by atoms with Crippen LogP contribution in [0.1, 0.15) is 11.1 Å². The number of nitro groups is 1. The predicted octanol–water partition coefficient (Wildman–Crippen LogP) is 1.86. The van der Waals surface area contributed by atoms with Crippen LogP contribution in [0.3, 0.4) is 0 Å². The molecular formula is C11H9N3O2.